The predicted molar refractivity (Wildman–Crippen MR) is 59.0 cm³/mol. The zero-order valence-electron chi connectivity index (χ0n) is 8.00. The van der Waals surface area contributed by atoms with Crippen molar-refractivity contribution < 1.29 is 9.53 Å². The number of rotatable bonds is 3. The number of hydrogen-bond donors (Lipinski definition) is 1. The number of carbonyl (C=O) groups is 1. The first kappa shape index (κ1) is 12.7. The summed E-state index contributed by atoms with van der Waals surface area (Å²) in [6.45, 7) is 4.93. The lowest BCUT2D eigenvalue weighted by atomic mass is 10.3. The van der Waals surface area contributed by atoms with Crippen LogP contribution in [0.25, 0.3) is 0 Å². The Balaban J connectivity index is 5.09. The van der Waals surface area contributed by atoms with Crippen LogP contribution in [0.3, 0.4) is 0 Å². The van der Waals surface area contributed by atoms with E-state index in [1.807, 2.05) is 0 Å². The van der Waals surface area contributed by atoms with Crippen molar-refractivity contribution in [3.63, 3.8) is 0 Å². The van der Waals surface area contributed by atoms with Gasteiger partial charge in [-0.25, -0.2) is 9.79 Å². The molecule has 5 heteroatoms. The third kappa shape index (κ3) is 4.07. The number of methoxy groups -OCH3 is 1. The molecule has 0 aromatic heterocycles. The van der Waals surface area contributed by atoms with Crippen molar-refractivity contribution in [2.45, 2.75) is 6.92 Å². The molecule has 0 aliphatic rings. The summed E-state index contributed by atoms with van der Waals surface area (Å²) in [5.74, 6) is -0.584. The minimum atomic E-state index is -0.584. The van der Waals surface area contributed by atoms with Gasteiger partial charge in [0.1, 0.15) is 4.62 Å². The zero-order valence-corrected chi connectivity index (χ0v) is 9.59. The van der Waals surface area contributed by atoms with E-state index in [0.29, 0.717) is 4.62 Å². The maximum atomic E-state index is 11.2. The second-order valence-corrected chi connectivity index (χ2v) is 3.12. The highest BCUT2D eigenvalue weighted by Gasteiger charge is 2.10. The Labute approximate surface area is 91.0 Å². The van der Waals surface area contributed by atoms with Gasteiger partial charge in [-0.3, -0.25) is 0 Å². The number of halogens is 1. The lowest BCUT2D eigenvalue weighted by Gasteiger charge is -2.01. The summed E-state index contributed by atoms with van der Waals surface area (Å²) in [7, 11) is 1.26. The van der Waals surface area contributed by atoms with E-state index in [0.717, 1.165) is 0 Å². The average Bonchev–Trinajstić information content (AvgIpc) is 2.13. The molecule has 76 valence electrons. The summed E-state index contributed by atoms with van der Waals surface area (Å²) < 4.78 is 4.90. The van der Waals surface area contributed by atoms with Crippen molar-refractivity contribution in [3.8, 4) is 0 Å². The van der Waals surface area contributed by atoms with E-state index < -0.39 is 5.97 Å². The minimum Gasteiger partial charge on any atom is -0.464 e. The molecule has 0 aliphatic heterocycles. The molecule has 0 aromatic rings. The Bertz CT molecular complexity index is 335. The first-order valence-corrected chi connectivity index (χ1v) is 4.47. The Morgan fingerprint density at radius 3 is 2.64 bits per heavy atom. The van der Waals surface area contributed by atoms with E-state index in [-0.39, 0.29) is 11.4 Å². The fourth-order valence-corrected chi connectivity index (χ4v) is 0.954. The van der Waals surface area contributed by atoms with Gasteiger partial charge in [-0.2, -0.15) is 0 Å². The smallest absolute Gasteiger partial charge is 0.358 e. The Morgan fingerprint density at radius 1 is 1.71 bits per heavy atom. The van der Waals surface area contributed by atoms with Crippen molar-refractivity contribution in [2.75, 3.05) is 7.11 Å². The van der Waals surface area contributed by atoms with Gasteiger partial charge >= 0.3 is 5.97 Å². The standard InChI is InChI=1S/C9H11BrN2O2/c1-4-5-7(10)12-8(6(2)11)9(13)14-3/h5H,1,11H2,2-3H3/b8-6+,12-7+. The van der Waals surface area contributed by atoms with Gasteiger partial charge in [0.05, 0.1) is 7.11 Å². The molecule has 0 spiro atoms. The van der Waals surface area contributed by atoms with Crippen molar-refractivity contribution in [1.29, 1.82) is 0 Å². The fraction of sp³-hybridized carbons (Fsp3) is 0.222. The Hall–Kier alpha value is -1.32. The molecule has 0 bridgehead atoms. The molecule has 0 radical (unpaired) electrons. The topological polar surface area (TPSA) is 64.7 Å². The fourth-order valence-electron chi connectivity index (χ4n) is 0.615. The van der Waals surface area contributed by atoms with Crippen molar-refractivity contribution in [3.05, 3.63) is 29.8 Å². The number of nitrogens with two attached hydrogens (primary N) is 1. The molecule has 0 unspecified atom stereocenters. The highest BCUT2D eigenvalue weighted by Crippen LogP contribution is 2.06. The molecule has 0 rings (SSSR count). The van der Waals surface area contributed by atoms with Crippen LogP contribution in [-0.4, -0.2) is 17.7 Å². The average molecular weight is 259 g/mol. The molecule has 0 aromatic carbocycles. The SMILES string of the molecule is C=C=C/C(Br)=N\C(C(=O)OC)=C(/C)N. The summed E-state index contributed by atoms with van der Waals surface area (Å²) >= 11 is 3.10. The van der Waals surface area contributed by atoms with Crippen LogP contribution in [-0.2, 0) is 9.53 Å². The van der Waals surface area contributed by atoms with Gasteiger partial charge in [-0.1, -0.05) is 6.58 Å². The number of allylic oxidation sites excluding steroid dienone is 2. The van der Waals surface area contributed by atoms with Crippen LogP contribution in [0.4, 0.5) is 0 Å². The van der Waals surface area contributed by atoms with Crippen molar-refractivity contribution in [1.82, 2.24) is 0 Å². The van der Waals surface area contributed by atoms with Gasteiger partial charge in [0.15, 0.2) is 5.70 Å². The molecule has 2 N–H and O–H groups in total. The summed E-state index contributed by atoms with van der Waals surface area (Å²) in [6, 6.07) is 0. The van der Waals surface area contributed by atoms with E-state index in [1.165, 1.54) is 13.2 Å². The molecular formula is C9H11BrN2O2. The number of hydrogen-bond acceptors (Lipinski definition) is 4. The maximum Gasteiger partial charge on any atom is 0.358 e. The molecule has 0 aliphatic carbocycles. The maximum absolute atomic E-state index is 11.2. The second-order valence-electron chi connectivity index (χ2n) is 2.31. The van der Waals surface area contributed by atoms with Gasteiger partial charge in [0.2, 0.25) is 0 Å². The highest BCUT2D eigenvalue weighted by atomic mass is 79.9. The van der Waals surface area contributed by atoms with Crippen molar-refractivity contribution >= 4 is 26.5 Å². The normalized spacial score (nSPS) is 12.6. The molecule has 0 amide bonds. The molecule has 4 nitrogen and oxygen atoms in total. The number of ether oxygens (including phenoxy) is 1. The van der Waals surface area contributed by atoms with Crippen LogP contribution in [0, 0.1) is 0 Å². The number of aliphatic imine (C=N–C) groups is 1. The largest absolute Gasteiger partial charge is 0.464 e. The van der Waals surface area contributed by atoms with Crippen LogP contribution in [0.1, 0.15) is 6.92 Å². The first-order valence-electron chi connectivity index (χ1n) is 3.67. The van der Waals surface area contributed by atoms with Gasteiger partial charge in [-0.05, 0) is 22.9 Å². The third-order valence-corrected chi connectivity index (χ3v) is 1.60. The number of carbonyl (C=O) groups excluding carboxylic acids is 1. The quantitative estimate of drug-likeness (QED) is 0.361. The molecule has 0 fully saturated rings. The molecule has 0 atom stereocenters. The van der Waals surface area contributed by atoms with Gasteiger partial charge < -0.3 is 10.5 Å². The lowest BCUT2D eigenvalue weighted by molar-refractivity contribution is -0.136. The van der Waals surface area contributed by atoms with Crippen LogP contribution >= 0.6 is 15.9 Å². The lowest BCUT2D eigenvalue weighted by Crippen LogP contribution is -2.10. The minimum absolute atomic E-state index is 0.0610. The van der Waals surface area contributed by atoms with E-state index in [4.69, 9.17) is 5.73 Å². The van der Waals surface area contributed by atoms with E-state index in [2.05, 4.69) is 38.0 Å². The van der Waals surface area contributed by atoms with E-state index in [9.17, 15) is 4.79 Å². The number of esters is 1. The summed E-state index contributed by atoms with van der Waals surface area (Å²) in [5.41, 5.74) is 8.30. The van der Waals surface area contributed by atoms with Crippen LogP contribution in [0.2, 0.25) is 0 Å². The molecule has 0 saturated carbocycles. The molecule has 0 heterocycles. The van der Waals surface area contributed by atoms with E-state index >= 15 is 0 Å². The van der Waals surface area contributed by atoms with Gasteiger partial charge in [0, 0.05) is 11.8 Å². The number of nitrogens with zero attached hydrogens (tertiary/aromatic N) is 1. The summed E-state index contributed by atoms with van der Waals surface area (Å²) in [5, 5.41) is 0. The van der Waals surface area contributed by atoms with Crippen LogP contribution in [0.15, 0.2) is 34.8 Å². The monoisotopic (exact) mass is 258 g/mol. The Morgan fingerprint density at radius 2 is 2.29 bits per heavy atom. The van der Waals surface area contributed by atoms with Crippen LogP contribution in [0.5, 0.6) is 0 Å². The zero-order chi connectivity index (χ0) is 11.1. The van der Waals surface area contributed by atoms with E-state index in [1.54, 1.807) is 6.92 Å². The highest BCUT2D eigenvalue weighted by molar-refractivity contribution is 9.18. The molecule has 0 saturated heterocycles. The van der Waals surface area contributed by atoms with Gasteiger partial charge in [0.25, 0.3) is 0 Å². The third-order valence-electron chi connectivity index (χ3n) is 1.19. The Kier molecular flexibility index (Phi) is 5.60. The first-order chi connectivity index (χ1) is 6.52. The summed E-state index contributed by atoms with van der Waals surface area (Å²) in [4.78, 5) is 15.0. The molecular weight excluding hydrogens is 248 g/mol. The molecule has 14 heavy (non-hydrogen) atoms. The predicted octanol–water partition coefficient (Wildman–Crippen LogP) is 1.48. The van der Waals surface area contributed by atoms with Crippen LogP contribution < -0.4 is 5.73 Å². The van der Waals surface area contributed by atoms with Crippen molar-refractivity contribution in [2.24, 2.45) is 10.7 Å². The summed E-state index contributed by atoms with van der Waals surface area (Å²) in [6.07, 6.45) is 1.46. The second kappa shape index (κ2) is 6.18. The van der Waals surface area contributed by atoms with Gasteiger partial charge in [-0.15, -0.1) is 5.73 Å².